The van der Waals surface area contributed by atoms with Crippen LogP contribution in [0.15, 0.2) is 47.4 Å². The number of phenolic OH excluding ortho intramolecular Hbond substituents is 1. The molecule has 1 aliphatic rings. The molecule has 28 heavy (non-hydrogen) atoms. The number of benzene rings is 2. The lowest BCUT2D eigenvalue weighted by Gasteiger charge is -2.12. The SMILES string of the molecule is COc1ccc(NC(=O)CN2C(=O)S/C(=C\c3cc(Cl)ccc3O)C2=O)cc1. The van der Waals surface area contributed by atoms with Gasteiger partial charge in [-0.2, -0.15) is 0 Å². The number of rotatable bonds is 5. The molecule has 144 valence electrons. The predicted molar refractivity (Wildman–Crippen MR) is 107 cm³/mol. The Morgan fingerprint density at radius 2 is 1.96 bits per heavy atom. The summed E-state index contributed by atoms with van der Waals surface area (Å²) in [6, 6.07) is 11.0. The number of nitrogens with one attached hydrogen (secondary N) is 1. The molecule has 2 aromatic rings. The van der Waals surface area contributed by atoms with Crippen LogP contribution >= 0.6 is 23.4 Å². The van der Waals surface area contributed by atoms with Gasteiger partial charge in [0.1, 0.15) is 18.0 Å². The van der Waals surface area contributed by atoms with Crippen molar-refractivity contribution in [2.24, 2.45) is 0 Å². The molecular formula is C19H15ClN2O5S. The number of thioether (sulfide) groups is 1. The monoisotopic (exact) mass is 418 g/mol. The minimum Gasteiger partial charge on any atom is -0.507 e. The zero-order valence-corrected chi connectivity index (χ0v) is 16.2. The highest BCUT2D eigenvalue weighted by molar-refractivity contribution is 8.18. The highest BCUT2D eigenvalue weighted by Crippen LogP contribution is 2.34. The zero-order chi connectivity index (χ0) is 20.3. The van der Waals surface area contributed by atoms with E-state index in [1.54, 1.807) is 24.3 Å². The first-order valence-electron chi connectivity index (χ1n) is 8.05. The first kappa shape index (κ1) is 19.8. The first-order valence-corrected chi connectivity index (χ1v) is 9.24. The summed E-state index contributed by atoms with van der Waals surface area (Å²) >= 11 is 6.58. The number of ether oxygens (including phenoxy) is 1. The van der Waals surface area contributed by atoms with Crippen LogP contribution in [0.25, 0.3) is 6.08 Å². The Balaban J connectivity index is 1.70. The van der Waals surface area contributed by atoms with Gasteiger partial charge in [0.05, 0.1) is 12.0 Å². The molecule has 0 radical (unpaired) electrons. The van der Waals surface area contributed by atoms with Gasteiger partial charge in [0, 0.05) is 16.3 Å². The van der Waals surface area contributed by atoms with E-state index in [9.17, 15) is 19.5 Å². The van der Waals surface area contributed by atoms with Crippen molar-refractivity contribution in [1.82, 2.24) is 4.90 Å². The quantitative estimate of drug-likeness (QED) is 0.718. The van der Waals surface area contributed by atoms with Crippen LogP contribution < -0.4 is 10.1 Å². The standard InChI is InChI=1S/C19H15ClN2O5S/c1-27-14-5-3-13(4-6-14)21-17(24)10-22-18(25)16(28-19(22)26)9-11-8-12(20)2-7-15(11)23/h2-9,23H,10H2,1H3,(H,21,24)/b16-9-. The third kappa shape index (κ3) is 4.47. The van der Waals surface area contributed by atoms with Gasteiger partial charge in [0.25, 0.3) is 11.1 Å². The third-order valence-corrected chi connectivity index (χ3v) is 4.97. The molecule has 9 heteroatoms. The lowest BCUT2D eigenvalue weighted by Crippen LogP contribution is -2.36. The van der Waals surface area contributed by atoms with Gasteiger partial charge in [0.15, 0.2) is 0 Å². The molecule has 0 saturated carbocycles. The number of imide groups is 1. The smallest absolute Gasteiger partial charge is 0.294 e. The van der Waals surface area contributed by atoms with Crippen LogP contribution in [0.4, 0.5) is 10.5 Å². The van der Waals surface area contributed by atoms with Gasteiger partial charge in [-0.25, -0.2) is 0 Å². The number of nitrogens with zero attached hydrogens (tertiary/aromatic N) is 1. The molecule has 1 saturated heterocycles. The van der Waals surface area contributed by atoms with Crippen molar-refractivity contribution in [1.29, 1.82) is 0 Å². The minimum atomic E-state index is -0.612. The topological polar surface area (TPSA) is 95.9 Å². The molecule has 2 aromatic carbocycles. The molecule has 0 atom stereocenters. The fourth-order valence-corrected chi connectivity index (χ4v) is 3.45. The van der Waals surface area contributed by atoms with E-state index in [-0.39, 0.29) is 10.7 Å². The summed E-state index contributed by atoms with van der Waals surface area (Å²) in [5, 5.41) is 12.3. The number of amides is 3. The molecule has 0 aliphatic carbocycles. The van der Waals surface area contributed by atoms with Crippen molar-refractivity contribution >= 4 is 52.2 Å². The molecule has 2 N–H and O–H groups in total. The third-order valence-electron chi connectivity index (χ3n) is 3.83. The van der Waals surface area contributed by atoms with E-state index in [1.165, 1.54) is 31.4 Å². The average molecular weight is 419 g/mol. The number of carbonyl (C=O) groups is 3. The molecule has 1 fully saturated rings. The molecule has 3 rings (SSSR count). The van der Waals surface area contributed by atoms with Gasteiger partial charge in [0.2, 0.25) is 5.91 Å². The van der Waals surface area contributed by atoms with E-state index in [0.717, 1.165) is 4.90 Å². The number of carbonyl (C=O) groups excluding carboxylic acids is 3. The van der Waals surface area contributed by atoms with Gasteiger partial charge >= 0.3 is 0 Å². The van der Waals surface area contributed by atoms with Crippen LogP contribution in [-0.2, 0) is 9.59 Å². The van der Waals surface area contributed by atoms with Gasteiger partial charge < -0.3 is 15.2 Å². The molecule has 0 spiro atoms. The van der Waals surface area contributed by atoms with Crippen LogP contribution in [0.3, 0.4) is 0 Å². The molecule has 7 nitrogen and oxygen atoms in total. The van der Waals surface area contributed by atoms with Crippen molar-refractivity contribution in [2.75, 3.05) is 19.0 Å². The highest BCUT2D eigenvalue weighted by atomic mass is 35.5. The van der Waals surface area contributed by atoms with Crippen molar-refractivity contribution in [2.45, 2.75) is 0 Å². The maximum absolute atomic E-state index is 12.5. The maximum Gasteiger partial charge on any atom is 0.294 e. The van der Waals surface area contributed by atoms with Gasteiger partial charge in [-0.05, 0) is 60.3 Å². The Morgan fingerprint density at radius 3 is 2.64 bits per heavy atom. The average Bonchev–Trinajstić information content (AvgIpc) is 2.92. The molecule has 1 aliphatic heterocycles. The number of methoxy groups -OCH3 is 1. The summed E-state index contributed by atoms with van der Waals surface area (Å²) in [7, 11) is 1.53. The lowest BCUT2D eigenvalue weighted by molar-refractivity contribution is -0.127. The van der Waals surface area contributed by atoms with Crippen LogP contribution in [0.1, 0.15) is 5.56 Å². The second-order valence-corrected chi connectivity index (χ2v) is 7.18. The van der Waals surface area contributed by atoms with E-state index < -0.39 is 23.6 Å². The van der Waals surface area contributed by atoms with Gasteiger partial charge in [-0.3, -0.25) is 19.3 Å². The highest BCUT2D eigenvalue weighted by Gasteiger charge is 2.36. The van der Waals surface area contributed by atoms with E-state index in [4.69, 9.17) is 16.3 Å². The molecule has 0 aromatic heterocycles. The molecular weight excluding hydrogens is 404 g/mol. The second-order valence-electron chi connectivity index (χ2n) is 5.75. The normalized spacial score (nSPS) is 15.2. The van der Waals surface area contributed by atoms with E-state index >= 15 is 0 Å². The Hall–Kier alpha value is -2.97. The summed E-state index contributed by atoms with van der Waals surface area (Å²) in [5.41, 5.74) is 0.817. The number of aromatic hydroxyl groups is 1. The second kappa shape index (κ2) is 8.37. The summed E-state index contributed by atoms with van der Waals surface area (Å²) in [5.74, 6) is -0.564. The number of phenols is 1. The summed E-state index contributed by atoms with van der Waals surface area (Å²) in [4.78, 5) is 37.8. The summed E-state index contributed by atoms with van der Waals surface area (Å²) in [6.07, 6.45) is 1.37. The largest absolute Gasteiger partial charge is 0.507 e. The van der Waals surface area contributed by atoms with E-state index in [2.05, 4.69) is 5.32 Å². The van der Waals surface area contributed by atoms with Crippen molar-refractivity contribution < 1.29 is 24.2 Å². The van der Waals surface area contributed by atoms with Crippen molar-refractivity contribution in [3.05, 3.63) is 58.0 Å². The van der Waals surface area contributed by atoms with E-state index in [1.807, 2.05) is 0 Å². The predicted octanol–water partition coefficient (Wildman–Crippen LogP) is 3.73. The Morgan fingerprint density at radius 1 is 1.25 bits per heavy atom. The summed E-state index contributed by atoms with van der Waals surface area (Å²) < 4.78 is 5.04. The summed E-state index contributed by atoms with van der Waals surface area (Å²) in [6.45, 7) is -0.421. The van der Waals surface area contributed by atoms with E-state index in [0.29, 0.717) is 33.8 Å². The van der Waals surface area contributed by atoms with Gasteiger partial charge in [-0.15, -0.1) is 0 Å². The fraction of sp³-hybridized carbons (Fsp3) is 0.105. The number of hydrogen-bond donors (Lipinski definition) is 2. The van der Waals surface area contributed by atoms with Crippen LogP contribution in [0, 0.1) is 0 Å². The van der Waals surface area contributed by atoms with Crippen molar-refractivity contribution in [3.63, 3.8) is 0 Å². The van der Waals surface area contributed by atoms with Gasteiger partial charge in [-0.1, -0.05) is 11.6 Å². The zero-order valence-electron chi connectivity index (χ0n) is 14.6. The molecule has 0 unspecified atom stereocenters. The molecule has 1 heterocycles. The minimum absolute atomic E-state index is 0.0755. The fourth-order valence-electron chi connectivity index (χ4n) is 2.44. The number of anilines is 1. The molecule has 3 amide bonds. The Labute approximate surface area is 169 Å². The maximum atomic E-state index is 12.5. The first-order chi connectivity index (χ1) is 13.4. The Bertz CT molecular complexity index is 975. The van der Waals surface area contributed by atoms with Crippen LogP contribution in [0.5, 0.6) is 11.5 Å². The van der Waals surface area contributed by atoms with Crippen molar-refractivity contribution in [3.8, 4) is 11.5 Å². The lowest BCUT2D eigenvalue weighted by atomic mass is 10.2. The Kier molecular flexibility index (Phi) is 5.91. The number of halogens is 1. The number of hydrogen-bond acceptors (Lipinski definition) is 6. The van der Waals surface area contributed by atoms with Crippen LogP contribution in [0.2, 0.25) is 5.02 Å². The molecule has 0 bridgehead atoms. The van der Waals surface area contributed by atoms with Crippen LogP contribution in [-0.4, -0.2) is 40.7 Å².